The second-order valence-electron chi connectivity index (χ2n) is 7.50. The molecule has 2 N–H and O–H groups in total. The number of nitrogens with zero attached hydrogens (tertiary/aromatic N) is 1. The van der Waals surface area contributed by atoms with Gasteiger partial charge in [0.1, 0.15) is 17.7 Å². The number of aromatic amines is 1. The lowest BCUT2D eigenvalue weighted by Gasteiger charge is -2.13. The Labute approximate surface area is 180 Å². The summed E-state index contributed by atoms with van der Waals surface area (Å²) in [5.41, 5.74) is 2.01. The Morgan fingerprint density at radius 1 is 1.16 bits per heavy atom. The highest BCUT2D eigenvalue weighted by Crippen LogP contribution is 2.33. The average molecular weight is 438 g/mol. The number of fused-ring (bicyclic) bond motifs is 2. The highest BCUT2D eigenvalue weighted by atomic mass is 32.2. The van der Waals surface area contributed by atoms with Gasteiger partial charge < -0.3 is 14.5 Å². The summed E-state index contributed by atoms with van der Waals surface area (Å²) in [7, 11) is -3.81. The molecule has 160 valence electrons. The summed E-state index contributed by atoms with van der Waals surface area (Å²) < 4.78 is 40.5. The topological polar surface area (TPSA) is 93.3 Å². The molecule has 5 rings (SSSR count). The Hall–Kier alpha value is -3.10. The predicted octanol–water partition coefficient (Wildman–Crippen LogP) is 4.77. The zero-order chi connectivity index (χ0) is 21.4. The van der Waals surface area contributed by atoms with E-state index in [0.717, 1.165) is 41.7 Å². The van der Waals surface area contributed by atoms with Crippen molar-refractivity contribution in [1.29, 1.82) is 0 Å². The standard InChI is InChI=1S/C23H23N3O4S/c1-2-29-20-11-12-22(17-7-4-3-6-16(17)20)31(27,28)26-15-9-10-18-19(14-15)25-23(24-18)21-8-5-13-30-21/h3-4,6-7,9-12,14,21,26H,2,5,8,13H2,1H3,(H,24,25). The third-order valence-electron chi connectivity index (χ3n) is 5.42. The van der Waals surface area contributed by atoms with Crippen LogP contribution in [0.25, 0.3) is 21.8 Å². The van der Waals surface area contributed by atoms with Gasteiger partial charge in [-0.1, -0.05) is 24.3 Å². The quantitative estimate of drug-likeness (QED) is 0.453. The summed E-state index contributed by atoms with van der Waals surface area (Å²) in [5, 5.41) is 1.38. The van der Waals surface area contributed by atoms with Gasteiger partial charge in [0.05, 0.1) is 28.2 Å². The fraction of sp³-hybridized carbons (Fsp3) is 0.261. The van der Waals surface area contributed by atoms with Crippen LogP contribution in [0.2, 0.25) is 0 Å². The molecule has 0 amide bonds. The van der Waals surface area contributed by atoms with Gasteiger partial charge in [-0.25, -0.2) is 13.4 Å². The van der Waals surface area contributed by atoms with Gasteiger partial charge in [-0.3, -0.25) is 4.72 Å². The van der Waals surface area contributed by atoms with Crippen molar-refractivity contribution in [2.45, 2.75) is 30.8 Å². The second kappa shape index (κ2) is 7.86. The minimum atomic E-state index is -3.81. The Morgan fingerprint density at radius 2 is 2.00 bits per heavy atom. The number of hydrogen-bond acceptors (Lipinski definition) is 5. The molecule has 0 radical (unpaired) electrons. The molecule has 2 heterocycles. The largest absolute Gasteiger partial charge is 0.493 e. The molecule has 1 atom stereocenters. The summed E-state index contributed by atoms with van der Waals surface area (Å²) in [6, 6.07) is 15.9. The molecular formula is C23H23N3O4S. The molecule has 31 heavy (non-hydrogen) atoms. The second-order valence-corrected chi connectivity index (χ2v) is 9.15. The molecule has 1 aliphatic heterocycles. The van der Waals surface area contributed by atoms with E-state index in [2.05, 4.69) is 14.7 Å². The van der Waals surface area contributed by atoms with E-state index in [-0.39, 0.29) is 11.0 Å². The van der Waals surface area contributed by atoms with Gasteiger partial charge in [-0.2, -0.15) is 0 Å². The molecule has 3 aromatic carbocycles. The number of benzene rings is 3. The molecule has 1 fully saturated rings. The van der Waals surface area contributed by atoms with Crippen LogP contribution in [0.3, 0.4) is 0 Å². The summed E-state index contributed by atoms with van der Waals surface area (Å²) >= 11 is 0. The van der Waals surface area contributed by atoms with Crippen LogP contribution in [0.4, 0.5) is 5.69 Å². The van der Waals surface area contributed by atoms with Crippen LogP contribution in [0.15, 0.2) is 59.5 Å². The first-order valence-corrected chi connectivity index (χ1v) is 11.8. The number of rotatable bonds is 6. The number of aromatic nitrogens is 2. The van der Waals surface area contributed by atoms with Gasteiger partial charge in [0.25, 0.3) is 10.0 Å². The van der Waals surface area contributed by atoms with E-state index in [4.69, 9.17) is 9.47 Å². The highest BCUT2D eigenvalue weighted by Gasteiger charge is 2.22. The van der Waals surface area contributed by atoms with E-state index in [1.807, 2.05) is 25.1 Å². The van der Waals surface area contributed by atoms with Crippen LogP contribution in [-0.4, -0.2) is 31.6 Å². The molecule has 4 aromatic rings. The van der Waals surface area contributed by atoms with Gasteiger partial charge >= 0.3 is 0 Å². The first-order chi connectivity index (χ1) is 15.0. The van der Waals surface area contributed by atoms with Gasteiger partial charge in [0.2, 0.25) is 0 Å². The molecule has 1 saturated heterocycles. The molecule has 0 aliphatic carbocycles. The Balaban J connectivity index is 1.49. The van der Waals surface area contributed by atoms with Crippen LogP contribution in [0.1, 0.15) is 31.7 Å². The molecule has 1 unspecified atom stereocenters. The molecule has 1 aliphatic rings. The van der Waals surface area contributed by atoms with E-state index in [9.17, 15) is 8.42 Å². The average Bonchev–Trinajstić information content (AvgIpc) is 3.43. The van der Waals surface area contributed by atoms with Crippen molar-refractivity contribution in [2.24, 2.45) is 0 Å². The first-order valence-electron chi connectivity index (χ1n) is 10.3. The Bertz CT molecular complexity index is 1360. The van der Waals surface area contributed by atoms with E-state index in [1.54, 1.807) is 36.4 Å². The zero-order valence-electron chi connectivity index (χ0n) is 17.1. The van der Waals surface area contributed by atoms with Crippen molar-refractivity contribution in [3.05, 3.63) is 60.4 Å². The first kappa shape index (κ1) is 19.8. The summed E-state index contributed by atoms with van der Waals surface area (Å²) in [4.78, 5) is 8.06. The van der Waals surface area contributed by atoms with Crippen LogP contribution in [-0.2, 0) is 14.8 Å². The summed E-state index contributed by atoms with van der Waals surface area (Å²) in [5.74, 6) is 1.45. The van der Waals surface area contributed by atoms with E-state index >= 15 is 0 Å². The Kier molecular flexibility index (Phi) is 5.03. The number of nitrogens with one attached hydrogen (secondary N) is 2. The number of ether oxygens (including phenoxy) is 2. The lowest BCUT2D eigenvalue weighted by molar-refractivity contribution is 0.106. The normalized spacial score (nSPS) is 16.7. The SMILES string of the molecule is CCOc1ccc(S(=O)(=O)Nc2ccc3nc(C4CCCO4)[nH]c3c2)c2ccccc12. The molecule has 0 spiro atoms. The number of imidazole rings is 1. The maximum atomic E-state index is 13.2. The summed E-state index contributed by atoms with van der Waals surface area (Å²) in [6.45, 7) is 3.14. The number of sulfonamides is 1. The molecule has 0 saturated carbocycles. The highest BCUT2D eigenvalue weighted by molar-refractivity contribution is 7.93. The minimum absolute atomic E-state index is 0.0252. The maximum Gasteiger partial charge on any atom is 0.262 e. The zero-order valence-corrected chi connectivity index (χ0v) is 17.9. The van der Waals surface area contributed by atoms with Crippen molar-refractivity contribution in [3.8, 4) is 5.75 Å². The van der Waals surface area contributed by atoms with Gasteiger partial charge in [-0.15, -0.1) is 0 Å². The van der Waals surface area contributed by atoms with Crippen molar-refractivity contribution < 1.29 is 17.9 Å². The molecule has 0 bridgehead atoms. The van der Waals surface area contributed by atoms with Gasteiger partial charge in [-0.05, 0) is 50.1 Å². The monoisotopic (exact) mass is 437 g/mol. The molecule has 1 aromatic heterocycles. The van der Waals surface area contributed by atoms with Crippen molar-refractivity contribution >= 4 is 37.5 Å². The van der Waals surface area contributed by atoms with Crippen LogP contribution in [0.5, 0.6) is 5.75 Å². The molecular weight excluding hydrogens is 414 g/mol. The number of hydrogen-bond donors (Lipinski definition) is 2. The molecule has 7 nitrogen and oxygen atoms in total. The van der Waals surface area contributed by atoms with Crippen molar-refractivity contribution in [1.82, 2.24) is 9.97 Å². The predicted molar refractivity (Wildman–Crippen MR) is 120 cm³/mol. The summed E-state index contributed by atoms with van der Waals surface area (Å²) in [6.07, 6.45) is 1.93. The van der Waals surface area contributed by atoms with Crippen LogP contribution >= 0.6 is 0 Å². The maximum absolute atomic E-state index is 13.2. The fourth-order valence-corrected chi connectivity index (χ4v) is 5.27. The third-order valence-corrected chi connectivity index (χ3v) is 6.86. The lowest BCUT2D eigenvalue weighted by Crippen LogP contribution is -2.13. The van der Waals surface area contributed by atoms with Crippen molar-refractivity contribution in [2.75, 3.05) is 17.9 Å². The minimum Gasteiger partial charge on any atom is -0.493 e. The lowest BCUT2D eigenvalue weighted by atomic mass is 10.1. The third kappa shape index (κ3) is 3.73. The van der Waals surface area contributed by atoms with E-state index in [1.165, 1.54) is 0 Å². The van der Waals surface area contributed by atoms with E-state index < -0.39 is 10.0 Å². The van der Waals surface area contributed by atoms with E-state index in [0.29, 0.717) is 23.4 Å². The number of H-pyrrole nitrogens is 1. The van der Waals surface area contributed by atoms with Crippen LogP contribution < -0.4 is 9.46 Å². The fourth-order valence-electron chi connectivity index (χ4n) is 4.01. The number of anilines is 1. The van der Waals surface area contributed by atoms with Crippen molar-refractivity contribution in [3.63, 3.8) is 0 Å². The van der Waals surface area contributed by atoms with Gasteiger partial charge in [0, 0.05) is 17.4 Å². The smallest absolute Gasteiger partial charge is 0.262 e. The van der Waals surface area contributed by atoms with Crippen LogP contribution in [0, 0.1) is 0 Å². The Morgan fingerprint density at radius 3 is 2.77 bits per heavy atom. The molecule has 8 heteroatoms. The van der Waals surface area contributed by atoms with Gasteiger partial charge in [0.15, 0.2) is 0 Å².